The van der Waals surface area contributed by atoms with Gasteiger partial charge in [-0.2, -0.15) is 0 Å². The van der Waals surface area contributed by atoms with Crippen molar-refractivity contribution in [3.63, 3.8) is 0 Å². The predicted molar refractivity (Wildman–Crippen MR) is 63.2 cm³/mol. The summed E-state index contributed by atoms with van der Waals surface area (Å²) >= 11 is 0. The minimum absolute atomic E-state index is 0.129. The maximum atomic E-state index is 11.9. The smallest absolute Gasteiger partial charge is 0.182 e. The number of carbonyl (C=O) groups is 1. The van der Waals surface area contributed by atoms with Crippen LogP contribution < -0.4 is 0 Å². The lowest BCUT2D eigenvalue weighted by Crippen LogP contribution is -2.16. The summed E-state index contributed by atoms with van der Waals surface area (Å²) in [6.07, 6.45) is 3.15. The normalized spacial score (nSPS) is 13.8. The summed E-state index contributed by atoms with van der Waals surface area (Å²) in [6, 6.07) is 0. The van der Waals surface area contributed by atoms with Crippen molar-refractivity contribution in [2.24, 2.45) is 18.4 Å². The average Bonchev–Trinajstić information content (AvgIpc) is 2.47. The Morgan fingerprint density at radius 3 is 2.56 bits per heavy atom. The highest BCUT2D eigenvalue weighted by Gasteiger charge is 2.19. The molecule has 90 valence electrons. The summed E-state index contributed by atoms with van der Waals surface area (Å²) in [6.45, 7) is 8.70. The topological polar surface area (TPSA) is 47.8 Å². The van der Waals surface area contributed by atoms with Crippen molar-refractivity contribution in [3.8, 4) is 0 Å². The summed E-state index contributed by atoms with van der Waals surface area (Å²) in [5, 5.41) is 7.48. The lowest BCUT2D eigenvalue weighted by molar-refractivity contribution is 0.0945. The molecule has 0 aliphatic carbocycles. The van der Waals surface area contributed by atoms with E-state index in [0.29, 0.717) is 18.0 Å². The van der Waals surface area contributed by atoms with E-state index >= 15 is 0 Å². The number of aryl methyl sites for hydroxylation is 1. The number of Topliss-reactive ketones (excluding diaryl/α,β-unsaturated/α-hetero) is 1. The Balaban J connectivity index is 2.56. The molecule has 0 saturated heterocycles. The van der Waals surface area contributed by atoms with Crippen LogP contribution >= 0.6 is 0 Å². The number of hydrogen-bond acceptors (Lipinski definition) is 3. The highest BCUT2D eigenvalue weighted by Crippen LogP contribution is 2.26. The van der Waals surface area contributed by atoms with E-state index in [1.807, 2.05) is 0 Å². The number of nitrogens with zero attached hydrogens (tertiary/aromatic N) is 3. The lowest BCUT2D eigenvalue weighted by atomic mass is 9.83. The zero-order chi connectivity index (χ0) is 12.3. The summed E-state index contributed by atoms with van der Waals surface area (Å²) in [4.78, 5) is 11.9. The van der Waals surface area contributed by atoms with Crippen LogP contribution in [0.4, 0.5) is 0 Å². The van der Waals surface area contributed by atoms with Crippen LogP contribution in [0, 0.1) is 11.3 Å². The molecule has 4 heteroatoms. The second kappa shape index (κ2) is 4.76. The van der Waals surface area contributed by atoms with Gasteiger partial charge in [0.25, 0.3) is 0 Å². The third kappa shape index (κ3) is 3.76. The quantitative estimate of drug-likeness (QED) is 0.737. The average molecular weight is 223 g/mol. The van der Waals surface area contributed by atoms with Gasteiger partial charge in [0.15, 0.2) is 5.78 Å². The zero-order valence-corrected chi connectivity index (χ0v) is 10.8. The minimum Gasteiger partial charge on any atom is -0.292 e. The van der Waals surface area contributed by atoms with E-state index in [0.717, 1.165) is 6.42 Å². The fourth-order valence-corrected chi connectivity index (χ4v) is 2.08. The molecule has 1 unspecified atom stereocenters. The molecule has 16 heavy (non-hydrogen) atoms. The van der Waals surface area contributed by atoms with Gasteiger partial charge < -0.3 is 0 Å². The van der Waals surface area contributed by atoms with E-state index in [2.05, 4.69) is 38.0 Å². The molecule has 0 aromatic carbocycles. The van der Waals surface area contributed by atoms with Gasteiger partial charge in [-0.25, -0.2) is 4.68 Å². The maximum Gasteiger partial charge on any atom is 0.182 e. The van der Waals surface area contributed by atoms with Crippen molar-refractivity contribution in [2.45, 2.75) is 40.5 Å². The van der Waals surface area contributed by atoms with Crippen molar-refractivity contribution < 1.29 is 4.79 Å². The Labute approximate surface area is 97.0 Å². The van der Waals surface area contributed by atoms with Crippen molar-refractivity contribution in [1.29, 1.82) is 0 Å². The Kier molecular flexibility index (Phi) is 3.83. The Hall–Kier alpha value is -1.19. The number of ketones is 1. The lowest BCUT2D eigenvalue weighted by Gasteiger charge is -2.22. The highest BCUT2D eigenvalue weighted by atomic mass is 16.1. The molecule has 0 aliphatic heterocycles. The van der Waals surface area contributed by atoms with Gasteiger partial charge in [-0.3, -0.25) is 4.79 Å². The molecule has 1 rings (SSSR count). The van der Waals surface area contributed by atoms with Crippen molar-refractivity contribution in [3.05, 3.63) is 11.9 Å². The van der Waals surface area contributed by atoms with Gasteiger partial charge in [-0.1, -0.05) is 32.9 Å². The van der Waals surface area contributed by atoms with Crippen LogP contribution in [0.5, 0.6) is 0 Å². The maximum absolute atomic E-state index is 11.9. The largest absolute Gasteiger partial charge is 0.292 e. The third-order valence-electron chi connectivity index (χ3n) is 2.49. The fraction of sp³-hybridized carbons (Fsp3) is 0.750. The molecule has 0 bridgehead atoms. The monoisotopic (exact) mass is 223 g/mol. The van der Waals surface area contributed by atoms with Crippen molar-refractivity contribution >= 4 is 5.78 Å². The van der Waals surface area contributed by atoms with Gasteiger partial charge in [-0.15, -0.1) is 5.10 Å². The van der Waals surface area contributed by atoms with Crippen LogP contribution in [-0.2, 0) is 7.05 Å². The number of aromatic nitrogens is 3. The number of carbonyl (C=O) groups excluding carboxylic acids is 1. The fourth-order valence-electron chi connectivity index (χ4n) is 2.08. The summed E-state index contributed by atoms with van der Waals surface area (Å²) < 4.78 is 1.53. The second-order valence-electron chi connectivity index (χ2n) is 5.74. The first kappa shape index (κ1) is 12.9. The molecule has 0 aliphatic rings. The Morgan fingerprint density at radius 2 is 2.12 bits per heavy atom. The summed E-state index contributed by atoms with van der Waals surface area (Å²) in [5.74, 6) is 0.520. The van der Waals surface area contributed by atoms with Crippen LogP contribution in [0.3, 0.4) is 0 Å². The van der Waals surface area contributed by atoms with Gasteiger partial charge >= 0.3 is 0 Å². The Morgan fingerprint density at radius 1 is 1.50 bits per heavy atom. The second-order valence-corrected chi connectivity index (χ2v) is 5.74. The molecule has 0 fully saturated rings. The standard InChI is InChI=1S/C12H21N3O/c1-9(7-12(2,3)4)6-11(16)10-8-13-14-15(10)5/h8-9H,6-7H2,1-5H3. The summed E-state index contributed by atoms with van der Waals surface area (Å²) in [7, 11) is 1.74. The van der Waals surface area contributed by atoms with Crippen LogP contribution in [0.2, 0.25) is 0 Å². The van der Waals surface area contributed by atoms with E-state index in [-0.39, 0.29) is 11.2 Å². The van der Waals surface area contributed by atoms with E-state index in [9.17, 15) is 4.79 Å². The van der Waals surface area contributed by atoms with E-state index in [1.54, 1.807) is 7.05 Å². The predicted octanol–water partition coefficient (Wildman–Crippen LogP) is 2.46. The number of hydrogen-bond donors (Lipinski definition) is 0. The Bertz CT molecular complexity index is 363. The molecule has 1 heterocycles. The summed E-state index contributed by atoms with van der Waals surface area (Å²) in [5.41, 5.74) is 0.866. The van der Waals surface area contributed by atoms with E-state index in [4.69, 9.17) is 0 Å². The van der Waals surface area contributed by atoms with Crippen molar-refractivity contribution in [1.82, 2.24) is 15.0 Å². The van der Waals surface area contributed by atoms with Gasteiger partial charge in [0.2, 0.25) is 0 Å². The van der Waals surface area contributed by atoms with Gasteiger partial charge in [0.1, 0.15) is 5.69 Å². The molecular weight excluding hydrogens is 202 g/mol. The molecular formula is C12H21N3O. The number of rotatable bonds is 4. The first-order chi connectivity index (χ1) is 7.29. The van der Waals surface area contributed by atoms with Crippen LogP contribution in [0.25, 0.3) is 0 Å². The SMILES string of the molecule is CC(CC(=O)c1cnnn1C)CC(C)(C)C. The van der Waals surface area contributed by atoms with E-state index < -0.39 is 0 Å². The molecule has 0 saturated carbocycles. The molecule has 1 aromatic rings. The minimum atomic E-state index is 0.129. The molecule has 0 spiro atoms. The zero-order valence-electron chi connectivity index (χ0n) is 10.8. The van der Waals surface area contributed by atoms with Crippen LogP contribution in [0.15, 0.2) is 6.20 Å². The first-order valence-electron chi connectivity index (χ1n) is 5.67. The van der Waals surface area contributed by atoms with Gasteiger partial charge in [0.05, 0.1) is 6.20 Å². The van der Waals surface area contributed by atoms with Crippen molar-refractivity contribution in [2.75, 3.05) is 0 Å². The van der Waals surface area contributed by atoms with Gasteiger partial charge in [-0.05, 0) is 17.8 Å². The molecule has 0 radical (unpaired) electrons. The first-order valence-corrected chi connectivity index (χ1v) is 5.67. The molecule has 0 N–H and O–H groups in total. The molecule has 4 nitrogen and oxygen atoms in total. The van der Waals surface area contributed by atoms with Crippen LogP contribution in [-0.4, -0.2) is 20.8 Å². The van der Waals surface area contributed by atoms with Gasteiger partial charge in [0, 0.05) is 13.5 Å². The molecule has 0 amide bonds. The highest BCUT2D eigenvalue weighted by molar-refractivity contribution is 5.94. The third-order valence-corrected chi connectivity index (χ3v) is 2.49. The van der Waals surface area contributed by atoms with E-state index in [1.165, 1.54) is 10.9 Å². The molecule has 1 aromatic heterocycles. The van der Waals surface area contributed by atoms with Crippen LogP contribution in [0.1, 0.15) is 51.0 Å². The molecule has 1 atom stereocenters.